The number of benzene rings is 2. The average molecular weight is 384 g/mol. The summed E-state index contributed by atoms with van der Waals surface area (Å²) in [5.74, 6) is -1.13. The van der Waals surface area contributed by atoms with Crippen molar-refractivity contribution in [3.8, 4) is 16.9 Å². The highest BCUT2D eigenvalue weighted by molar-refractivity contribution is 5.87. The molecule has 2 N–H and O–H groups in total. The van der Waals surface area contributed by atoms with Gasteiger partial charge in [-0.25, -0.2) is 9.18 Å². The van der Waals surface area contributed by atoms with Crippen LogP contribution in [-0.2, 0) is 16.8 Å². The lowest BCUT2D eigenvalue weighted by Gasteiger charge is -2.29. The van der Waals surface area contributed by atoms with E-state index in [1.54, 1.807) is 6.92 Å². The molecule has 1 saturated carbocycles. The quantitative estimate of drug-likeness (QED) is 0.808. The van der Waals surface area contributed by atoms with Gasteiger partial charge < -0.3 is 14.9 Å². The lowest BCUT2D eigenvalue weighted by molar-refractivity contribution is -0.157. The maximum Gasteiger partial charge on any atom is 0.340 e. The van der Waals surface area contributed by atoms with E-state index in [1.807, 2.05) is 19.1 Å². The van der Waals surface area contributed by atoms with Crippen LogP contribution in [-0.4, -0.2) is 22.8 Å². The summed E-state index contributed by atoms with van der Waals surface area (Å²) < 4.78 is 20.5. The van der Waals surface area contributed by atoms with E-state index in [-0.39, 0.29) is 0 Å². The van der Waals surface area contributed by atoms with Crippen LogP contribution in [0.1, 0.15) is 59.9 Å². The molecule has 4 rings (SSSR count). The molecule has 2 aliphatic rings. The second-order valence-corrected chi connectivity index (χ2v) is 8.16. The van der Waals surface area contributed by atoms with Gasteiger partial charge in [0.15, 0.2) is 17.2 Å². The Labute approximate surface area is 164 Å². The third-order valence-corrected chi connectivity index (χ3v) is 6.07. The van der Waals surface area contributed by atoms with Gasteiger partial charge in [-0.05, 0) is 86.3 Å². The van der Waals surface area contributed by atoms with Gasteiger partial charge in [-0.1, -0.05) is 12.1 Å². The Bertz CT molecular complexity index is 973. The Morgan fingerprint density at radius 2 is 2.00 bits per heavy atom. The highest BCUT2D eigenvalue weighted by Gasteiger charge is 2.40. The van der Waals surface area contributed by atoms with Crippen LogP contribution in [0.3, 0.4) is 0 Å². The Morgan fingerprint density at radius 1 is 1.29 bits per heavy atom. The first-order valence-electron chi connectivity index (χ1n) is 9.78. The lowest BCUT2D eigenvalue weighted by Crippen LogP contribution is -2.33. The van der Waals surface area contributed by atoms with E-state index in [0.717, 1.165) is 42.4 Å². The molecule has 1 fully saturated rings. The Kier molecular flexibility index (Phi) is 4.46. The fourth-order valence-electron chi connectivity index (χ4n) is 4.40. The minimum absolute atomic E-state index is 0.305. The molecular formula is C23H25FO4. The molecule has 1 atom stereocenters. The van der Waals surface area contributed by atoms with Crippen molar-refractivity contribution in [1.29, 1.82) is 0 Å². The van der Waals surface area contributed by atoms with E-state index >= 15 is 0 Å². The van der Waals surface area contributed by atoms with Gasteiger partial charge in [0.25, 0.3) is 0 Å². The molecule has 2 aromatic carbocycles. The number of carboxylic acids is 1. The van der Waals surface area contributed by atoms with Crippen LogP contribution in [0.4, 0.5) is 4.39 Å². The number of rotatable bonds is 4. The maximum atomic E-state index is 14.9. The van der Waals surface area contributed by atoms with Crippen LogP contribution in [0, 0.1) is 19.7 Å². The van der Waals surface area contributed by atoms with E-state index in [9.17, 15) is 19.4 Å². The van der Waals surface area contributed by atoms with E-state index < -0.39 is 17.4 Å². The molecule has 5 heteroatoms. The molecule has 0 bridgehead atoms. The SMILES string of the molecule is Cc1ccc(C2CC2)c(-c2cc(F)c3c(c2C)CCCO3)c1C(C)(O)C(=O)O. The molecule has 2 aromatic rings. The van der Waals surface area contributed by atoms with E-state index in [0.29, 0.717) is 40.5 Å². The van der Waals surface area contributed by atoms with E-state index in [1.165, 1.54) is 13.0 Å². The standard InChI is InChI=1S/C23H25FO4/c1-12-6-9-16(14-7-8-14)19(20(12)23(3,27)22(25)26)17-11-18(24)21-15(13(17)2)5-4-10-28-21/h6,9,11,14,27H,4-5,7-8,10H2,1-3H3,(H,25,26). The van der Waals surface area contributed by atoms with Gasteiger partial charge in [-0.3, -0.25) is 0 Å². The largest absolute Gasteiger partial charge is 0.490 e. The van der Waals surface area contributed by atoms with Gasteiger partial charge in [0.05, 0.1) is 6.61 Å². The summed E-state index contributed by atoms with van der Waals surface area (Å²) in [6, 6.07) is 5.30. The van der Waals surface area contributed by atoms with E-state index in [2.05, 4.69) is 0 Å². The van der Waals surface area contributed by atoms with Gasteiger partial charge in [0.1, 0.15) is 0 Å². The summed E-state index contributed by atoms with van der Waals surface area (Å²) in [6.45, 7) is 5.52. The Hall–Kier alpha value is -2.40. The summed E-state index contributed by atoms with van der Waals surface area (Å²) >= 11 is 0. The topological polar surface area (TPSA) is 66.8 Å². The number of ether oxygens (including phenoxy) is 1. The fraction of sp³-hybridized carbons (Fsp3) is 0.435. The van der Waals surface area contributed by atoms with Crippen molar-refractivity contribution in [2.75, 3.05) is 6.61 Å². The van der Waals surface area contributed by atoms with Crippen molar-refractivity contribution in [2.45, 2.75) is 58.0 Å². The second kappa shape index (κ2) is 6.59. The van der Waals surface area contributed by atoms with E-state index in [4.69, 9.17) is 4.74 Å². The minimum Gasteiger partial charge on any atom is -0.490 e. The number of hydrogen-bond donors (Lipinski definition) is 2. The van der Waals surface area contributed by atoms with Crippen molar-refractivity contribution < 1.29 is 24.1 Å². The highest BCUT2D eigenvalue weighted by Crippen LogP contribution is 2.50. The molecular weight excluding hydrogens is 359 g/mol. The highest BCUT2D eigenvalue weighted by atomic mass is 19.1. The summed E-state index contributed by atoms with van der Waals surface area (Å²) in [6.07, 6.45) is 3.57. The third-order valence-electron chi connectivity index (χ3n) is 6.07. The second-order valence-electron chi connectivity index (χ2n) is 8.16. The normalized spacial score (nSPS) is 18.2. The predicted octanol–water partition coefficient (Wildman–Crippen LogP) is 4.60. The van der Waals surface area contributed by atoms with Gasteiger partial charge >= 0.3 is 5.97 Å². The lowest BCUT2D eigenvalue weighted by atomic mass is 9.79. The molecule has 0 aromatic heterocycles. The zero-order valence-corrected chi connectivity index (χ0v) is 16.4. The minimum atomic E-state index is -2.07. The number of fused-ring (bicyclic) bond motifs is 1. The fourth-order valence-corrected chi connectivity index (χ4v) is 4.40. The number of carboxylic acid groups (broad SMARTS) is 1. The monoisotopic (exact) mass is 384 g/mol. The molecule has 1 heterocycles. The van der Waals surface area contributed by atoms with Gasteiger partial charge in [0.2, 0.25) is 0 Å². The number of hydrogen-bond acceptors (Lipinski definition) is 3. The molecule has 0 radical (unpaired) electrons. The number of carbonyl (C=O) groups is 1. The summed E-state index contributed by atoms with van der Waals surface area (Å²) in [5.41, 5.74) is 3.00. The van der Waals surface area contributed by atoms with Gasteiger partial charge in [-0.2, -0.15) is 0 Å². The molecule has 0 amide bonds. The Morgan fingerprint density at radius 3 is 2.64 bits per heavy atom. The van der Waals surface area contributed by atoms with Crippen LogP contribution in [0.15, 0.2) is 18.2 Å². The molecule has 148 valence electrons. The molecule has 4 nitrogen and oxygen atoms in total. The first-order chi connectivity index (χ1) is 13.2. The zero-order chi connectivity index (χ0) is 20.2. The van der Waals surface area contributed by atoms with Gasteiger partial charge in [0, 0.05) is 11.1 Å². The van der Waals surface area contributed by atoms with Crippen LogP contribution in [0.5, 0.6) is 5.75 Å². The van der Waals surface area contributed by atoms with Crippen molar-refractivity contribution in [3.63, 3.8) is 0 Å². The van der Waals surface area contributed by atoms with Crippen molar-refractivity contribution in [1.82, 2.24) is 0 Å². The predicted molar refractivity (Wildman–Crippen MR) is 104 cm³/mol. The summed E-state index contributed by atoms with van der Waals surface area (Å²) in [5, 5.41) is 20.6. The van der Waals surface area contributed by atoms with Crippen molar-refractivity contribution in [2.24, 2.45) is 0 Å². The summed E-state index contributed by atoms with van der Waals surface area (Å²) in [7, 11) is 0. The third kappa shape index (κ3) is 2.89. The van der Waals surface area contributed by atoms with Crippen LogP contribution < -0.4 is 4.74 Å². The Balaban J connectivity index is 2.06. The molecule has 0 spiro atoms. The maximum absolute atomic E-state index is 14.9. The molecule has 1 aliphatic heterocycles. The average Bonchev–Trinajstić information content (AvgIpc) is 3.49. The first-order valence-corrected chi connectivity index (χ1v) is 9.78. The van der Waals surface area contributed by atoms with Crippen molar-refractivity contribution >= 4 is 5.97 Å². The van der Waals surface area contributed by atoms with Gasteiger partial charge in [-0.15, -0.1) is 0 Å². The first kappa shape index (κ1) is 18.9. The molecule has 28 heavy (non-hydrogen) atoms. The zero-order valence-electron chi connectivity index (χ0n) is 16.4. The van der Waals surface area contributed by atoms with Crippen LogP contribution in [0.25, 0.3) is 11.1 Å². The number of aryl methyl sites for hydroxylation is 1. The van der Waals surface area contributed by atoms with Crippen LogP contribution in [0.2, 0.25) is 0 Å². The van der Waals surface area contributed by atoms with Crippen molar-refractivity contribution in [3.05, 3.63) is 51.8 Å². The smallest absolute Gasteiger partial charge is 0.340 e. The number of aliphatic carboxylic acids is 1. The molecule has 0 saturated heterocycles. The summed E-state index contributed by atoms with van der Waals surface area (Å²) in [4.78, 5) is 11.9. The number of halogens is 1. The number of aliphatic hydroxyl groups is 1. The van der Waals surface area contributed by atoms with Crippen LogP contribution >= 0.6 is 0 Å². The molecule has 1 aliphatic carbocycles. The molecule has 1 unspecified atom stereocenters.